The van der Waals surface area contributed by atoms with Gasteiger partial charge in [0.2, 0.25) is 0 Å². The monoisotopic (exact) mass is 562 g/mol. The van der Waals surface area contributed by atoms with Gasteiger partial charge in [-0.3, -0.25) is 9.59 Å². The standard InChI is InChI=1S/C10H19NO6S.C7H12O2.C2H7NO2S.CO2/c1-3-16-9(12)8(10(13)17-4-2)7-18(14,15)6-5-11;1-4-6(3)7(8)9-5-2;3-1-2-6(4)5;2-1-3/h8H,3-7,11H2,1-2H3;3-5H2,1-2H3;1-3H2,(H,4,5);. The Balaban J connectivity index is -0.000000235. The summed E-state index contributed by atoms with van der Waals surface area (Å²) in [5.41, 5.74) is 10.6. The van der Waals surface area contributed by atoms with Crippen LogP contribution in [-0.4, -0.2) is 91.4 Å². The van der Waals surface area contributed by atoms with Crippen molar-refractivity contribution >= 4 is 45.0 Å². The van der Waals surface area contributed by atoms with Crippen LogP contribution in [-0.2, 0) is 59.1 Å². The van der Waals surface area contributed by atoms with Crippen LogP contribution in [0.4, 0.5) is 0 Å². The van der Waals surface area contributed by atoms with Gasteiger partial charge in [0.05, 0.1) is 37.1 Å². The highest BCUT2D eigenvalue weighted by molar-refractivity contribution is 7.91. The molecule has 0 saturated heterocycles. The normalized spacial score (nSPS) is 10.4. The van der Waals surface area contributed by atoms with Gasteiger partial charge in [-0.25, -0.2) is 17.4 Å². The van der Waals surface area contributed by atoms with Crippen LogP contribution in [0.2, 0.25) is 0 Å². The third-order valence-corrected chi connectivity index (χ3v) is 5.56. The van der Waals surface area contributed by atoms with Crippen molar-refractivity contribution in [1.29, 1.82) is 0 Å². The van der Waals surface area contributed by atoms with E-state index in [4.69, 9.17) is 25.6 Å². The van der Waals surface area contributed by atoms with Crippen molar-refractivity contribution < 1.29 is 55.4 Å². The molecule has 1 atom stereocenters. The number of ether oxygens (including phenoxy) is 3. The fraction of sp³-hybridized carbons (Fsp3) is 0.700. The summed E-state index contributed by atoms with van der Waals surface area (Å²) in [5, 5.41) is 0. The highest BCUT2D eigenvalue weighted by atomic mass is 32.2. The van der Waals surface area contributed by atoms with E-state index in [1.165, 1.54) is 0 Å². The lowest BCUT2D eigenvalue weighted by atomic mass is 10.2. The maximum Gasteiger partial charge on any atom is 0.373 e. The summed E-state index contributed by atoms with van der Waals surface area (Å²) < 4.78 is 54.7. The molecule has 5 N–H and O–H groups in total. The van der Waals surface area contributed by atoms with Crippen molar-refractivity contribution in [2.45, 2.75) is 34.1 Å². The highest BCUT2D eigenvalue weighted by Crippen LogP contribution is 2.08. The number of carbonyl (C=O) groups excluding carboxylic acids is 5. The Morgan fingerprint density at radius 3 is 1.61 bits per heavy atom. The molecule has 1 unspecified atom stereocenters. The van der Waals surface area contributed by atoms with E-state index >= 15 is 0 Å². The molecule has 0 spiro atoms. The van der Waals surface area contributed by atoms with Gasteiger partial charge in [0.1, 0.15) is 0 Å². The number of rotatable bonds is 13. The molecule has 0 rings (SSSR count). The number of nitrogens with two attached hydrogens (primary N) is 2. The smallest absolute Gasteiger partial charge is 0.373 e. The molecule has 0 aromatic heterocycles. The van der Waals surface area contributed by atoms with Gasteiger partial charge in [0.25, 0.3) is 0 Å². The fourth-order valence-electron chi connectivity index (χ4n) is 1.71. The topological polar surface area (TPSA) is 237 Å². The van der Waals surface area contributed by atoms with E-state index in [9.17, 15) is 27.0 Å². The summed E-state index contributed by atoms with van der Waals surface area (Å²) in [6.45, 7) is 11.1. The predicted octanol–water partition coefficient (Wildman–Crippen LogP) is -0.799. The van der Waals surface area contributed by atoms with Crippen molar-refractivity contribution in [2.75, 3.05) is 50.2 Å². The molecule has 16 heteroatoms. The summed E-state index contributed by atoms with van der Waals surface area (Å²) in [4.78, 5) is 49.9. The molecule has 212 valence electrons. The van der Waals surface area contributed by atoms with Crippen LogP contribution in [0, 0.1) is 5.92 Å². The number of hydrogen-bond acceptors (Lipinski definition) is 13. The van der Waals surface area contributed by atoms with Gasteiger partial charge in [-0.15, -0.1) is 0 Å². The van der Waals surface area contributed by atoms with Gasteiger partial charge >= 0.3 is 24.1 Å². The predicted molar refractivity (Wildman–Crippen MR) is 130 cm³/mol. The van der Waals surface area contributed by atoms with Crippen molar-refractivity contribution in [3.05, 3.63) is 12.2 Å². The van der Waals surface area contributed by atoms with Crippen molar-refractivity contribution in [1.82, 2.24) is 0 Å². The molecular weight excluding hydrogens is 524 g/mol. The minimum Gasteiger partial charge on any atom is -0.465 e. The number of sulfone groups is 1. The molecule has 0 bridgehead atoms. The van der Waals surface area contributed by atoms with Crippen LogP contribution in [0.25, 0.3) is 0 Å². The number of hydrogen-bond donors (Lipinski definition) is 3. The lowest BCUT2D eigenvalue weighted by molar-refractivity contribution is -0.191. The molecule has 0 aliphatic carbocycles. The van der Waals surface area contributed by atoms with Gasteiger partial charge < -0.3 is 30.2 Å². The first kappa shape index (κ1) is 40.7. The van der Waals surface area contributed by atoms with Gasteiger partial charge in [0, 0.05) is 18.7 Å². The van der Waals surface area contributed by atoms with E-state index in [0.29, 0.717) is 18.6 Å². The average molecular weight is 563 g/mol. The summed E-state index contributed by atoms with van der Waals surface area (Å²) in [6, 6.07) is 0. The van der Waals surface area contributed by atoms with Gasteiger partial charge in [-0.2, -0.15) is 9.59 Å². The van der Waals surface area contributed by atoms with E-state index in [0.717, 1.165) is 0 Å². The van der Waals surface area contributed by atoms with Crippen LogP contribution < -0.4 is 11.5 Å². The molecule has 36 heavy (non-hydrogen) atoms. The molecule has 0 radical (unpaired) electrons. The third-order valence-electron chi connectivity index (χ3n) is 3.28. The molecule has 0 aliphatic heterocycles. The first-order valence-electron chi connectivity index (χ1n) is 10.6. The zero-order chi connectivity index (χ0) is 29.2. The zero-order valence-electron chi connectivity index (χ0n) is 21.1. The molecule has 0 amide bonds. The van der Waals surface area contributed by atoms with Crippen LogP contribution in [0.15, 0.2) is 12.2 Å². The van der Waals surface area contributed by atoms with Crippen LogP contribution in [0.3, 0.4) is 0 Å². The first-order chi connectivity index (χ1) is 16.8. The van der Waals surface area contributed by atoms with Gasteiger partial charge in [0.15, 0.2) is 26.8 Å². The summed E-state index contributed by atoms with van der Waals surface area (Å²) >= 11 is -1.69. The van der Waals surface area contributed by atoms with Crippen molar-refractivity contribution in [3.63, 3.8) is 0 Å². The Morgan fingerprint density at radius 2 is 1.36 bits per heavy atom. The second kappa shape index (κ2) is 27.1. The lowest BCUT2D eigenvalue weighted by Crippen LogP contribution is -2.35. The zero-order valence-corrected chi connectivity index (χ0v) is 22.7. The summed E-state index contributed by atoms with van der Waals surface area (Å²) in [6.07, 6.45) is 0.916. The molecule has 0 fully saturated rings. The molecule has 0 saturated carbocycles. The van der Waals surface area contributed by atoms with Gasteiger partial charge in [-0.05, 0) is 27.2 Å². The first-order valence-corrected chi connectivity index (χ1v) is 13.7. The number of carbonyl (C=O) groups is 3. The molecule has 14 nitrogen and oxygen atoms in total. The van der Waals surface area contributed by atoms with E-state index < -0.39 is 44.5 Å². The molecule has 0 aromatic rings. The molecule has 0 heterocycles. The third kappa shape index (κ3) is 27.8. The quantitative estimate of drug-likeness (QED) is 0.0819. The Morgan fingerprint density at radius 1 is 0.944 bits per heavy atom. The second-order valence-corrected chi connectivity index (χ2v) is 9.31. The minimum absolute atomic E-state index is 0.0612. The van der Waals surface area contributed by atoms with Crippen LogP contribution >= 0.6 is 0 Å². The van der Waals surface area contributed by atoms with E-state index in [2.05, 4.69) is 20.8 Å². The average Bonchev–Trinajstić information content (AvgIpc) is 2.78. The fourth-order valence-corrected chi connectivity index (χ4v) is 3.22. The van der Waals surface area contributed by atoms with E-state index in [-0.39, 0.29) is 49.9 Å². The van der Waals surface area contributed by atoms with Crippen LogP contribution in [0.1, 0.15) is 34.1 Å². The Hall–Kier alpha value is -2.49. The van der Waals surface area contributed by atoms with Gasteiger partial charge in [-0.1, -0.05) is 13.5 Å². The van der Waals surface area contributed by atoms with E-state index in [1.54, 1.807) is 20.8 Å². The maximum atomic E-state index is 11.6. The van der Waals surface area contributed by atoms with Crippen LogP contribution in [0.5, 0.6) is 0 Å². The summed E-state index contributed by atoms with van der Waals surface area (Å²) in [7, 11) is -3.58. The minimum atomic E-state index is -3.58. The molecule has 0 aliphatic rings. The highest BCUT2D eigenvalue weighted by Gasteiger charge is 2.34. The summed E-state index contributed by atoms with van der Waals surface area (Å²) in [5.74, 6) is -4.25. The SMILES string of the molecule is C=C(CC)C(=O)OCC.CCOC(=O)C(CS(=O)(=O)CCN)C(=O)OCC.NCCS(=O)O.O=C=O. The Kier molecular flexibility index (Phi) is 30.6. The maximum absolute atomic E-state index is 11.6. The molecule has 0 aromatic carbocycles. The molecular formula is C20H38N2O12S2. The van der Waals surface area contributed by atoms with E-state index in [1.807, 2.05) is 6.92 Å². The lowest BCUT2D eigenvalue weighted by Gasteiger charge is -2.14. The van der Waals surface area contributed by atoms with Crippen molar-refractivity contribution in [2.24, 2.45) is 17.4 Å². The Bertz CT molecular complexity index is 777. The number of esters is 3. The largest absolute Gasteiger partial charge is 0.465 e. The van der Waals surface area contributed by atoms with Crippen molar-refractivity contribution in [3.8, 4) is 0 Å². The Labute approximate surface area is 214 Å². The second-order valence-electron chi connectivity index (χ2n) is 6.03.